The molecule has 3 N–H and O–H groups in total. The highest BCUT2D eigenvalue weighted by atomic mass is 35.5. The third-order valence-electron chi connectivity index (χ3n) is 4.46. The molecule has 3 rings (SSSR count). The first-order valence-corrected chi connectivity index (χ1v) is 8.03. The van der Waals surface area contributed by atoms with Gasteiger partial charge in [0.2, 0.25) is 5.91 Å². The van der Waals surface area contributed by atoms with Gasteiger partial charge in [0.1, 0.15) is 5.82 Å². The molecule has 2 atom stereocenters. The van der Waals surface area contributed by atoms with Crippen LogP contribution in [-0.2, 0) is 16.1 Å². The van der Waals surface area contributed by atoms with Gasteiger partial charge in [-0.2, -0.15) is 0 Å². The quantitative estimate of drug-likeness (QED) is 0.832. The number of pyridine rings is 1. The van der Waals surface area contributed by atoms with Gasteiger partial charge in [-0.05, 0) is 37.0 Å². The van der Waals surface area contributed by atoms with E-state index < -0.39 is 0 Å². The van der Waals surface area contributed by atoms with Gasteiger partial charge in [-0.15, -0.1) is 24.8 Å². The predicted molar refractivity (Wildman–Crippen MR) is 98.9 cm³/mol. The van der Waals surface area contributed by atoms with Gasteiger partial charge >= 0.3 is 0 Å². The molecule has 1 saturated heterocycles. The third-order valence-corrected chi connectivity index (χ3v) is 4.46. The van der Waals surface area contributed by atoms with Crippen molar-refractivity contribution in [1.29, 1.82) is 0 Å². The molecule has 8 heteroatoms. The van der Waals surface area contributed by atoms with Crippen LogP contribution in [0, 0.1) is 5.92 Å². The van der Waals surface area contributed by atoms with Crippen molar-refractivity contribution in [2.24, 2.45) is 11.7 Å². The van der Waals surface area contributed by atoms with E-state index in [9.17, 15) is 4.79 Å². The Kier molecular flexibility index (Phi) is 8.76. The number of morpholine rings is 1. The highest BCUT2D eigenvalue weighted by Gasteiger charge is 2.27. The van der Waals surface area contributed by atoms with Gasteiger partial charge in [0.25, 0.3) is 0 Å². The number of ether oxygens (including phenoxy) is 1. The lowest BCUT2D eigenvalue weighted by atomic mass is 10.1. The highest BCUT2D eigenvalue weighted by Crippen LogP contribution is 2.24. The fraction of sp³-hybridized carbons (Fsp3) is 0.625. The van der Waals surface area contributed by atoms with Gasteiger partial charge < -0.3 is 20.7 Å². The Labute approximate surface area is 155 Å². The van der Waals surface area contributed by atoms with Crippen molar-refractivity contribution in [3.8, 4) is 0 Å². The first-order valence-electron chi connectivity index (χ1n) is 8.03. The molecule has 1 amide bonds. The number of rotatable bonds is 4. The van der Waals surface area contributed by atoms with E-state index in [1.54, 1.807) is 6.20 Å². The van der Waals surface area contributed by atoms with Crippen LogP contribution in [0.1, 0.15) is 24.8 Å². The van der Waals surface area contributed by atoms with Crippen LogP contribution in [0.5, 0.6) is 0 Å². The summed E-state index contributed by atoms with van der Waals surface area (Å²) in [5.74, 6) is 1.16. The van der Waals surface area contributed by atoms with E-state index in [0.717, 1.165) is 56.9 Å². The first kappa shape index (κ1) is 21.0. The van der Waals surface area contributed by atoms with Crippen LogP contribution in [0.15, 0.2) is 18.3 Å². The van der Waals surface area contributed by atoms with Crippen LogP contribution >= 0.6 is 24.8 Å². The molecule has 1 aromatic rings. The molecule has 1 aliphatic heterocycles. The van der Waals surface area contributed by atoms with E-state index in [1.165, 1.54) is 0 Å². The average Bonchev–Trinajstić information content (AvgIpc) is 3.00. The maximum absolute atomic E-state index is 12.1. The zero-order valence-corrected chi connectivity index (χ0v) is 15.3. The van der Waals surface area contributed by atoms with Crippen molar-refractivity contribution < 1.29 is 9.53 Å². The number of nitrogens with two attached hydrogens (primary N) is 1. The third kappa shape index (κ3) is 5.48. The number of aromatic nitrogens is 1. The van der Waals surface area contributed by atoms with Crippen LogP contribution in [0.2, 0.25) is 0 Å². The summed E-state index contributed by atoms with van der Waals surface area (Å²) in [6, 6.07) is 4.18. The molecule has 2 unspecified atom stereocenters. The lowest BCUT2D eigenvalue weighted by molar-refractivity contribution is -0.125. The zero-order valence-electron chi connectivity index (χ0n) is 13.6. The second kappa shape index (κ2) is 10.0. The molecular weight excluding hydrogens is 351 g/mol. The van der Waals surface area contributed by atoms with E-state index in [1.807, 2.05) is 12.1 Å². The molecule has 0 bridgehead atoms. The topological polar surface area (TPSA) is 80.5 Å². The molecule has 1 aliphatic carbocycles. The maximum atomic E-state index is 12.1. The minimum atomic E-state index is 0. The second-order valence-electron chi connectivity index (χ2n) is 6.11. The fourth-order valence-corrected chi connectivity index (χ4v) is 3.12. The largest absolute Gasteiger partial charge is 0.378 e. The lowest BCUT2D eigenvalue weighted by Crippen LogP contribution is -2.36. The number of amides is 1. The summed E-state index contributed by atoms with van der Waals surface area (Å²) in [5, 5.41) is 3.03. The first-order chi connectivity index (χ1) is 10.7. The summed E-state index contributed by atoms with van der Waals surface area (Å²) >= 11 is 0. The number of carbonyl (C=O) groups excluding carboxylic acids is 1. The minimum absolute atomic E-state index is 0. The number of nitrogens with zero attached hydrogens (tertiary/aromatic N) is 2. The lowest BCUT2D eigenvalue weighted by Gasteiger charge is -2.28. The number of hydrogen-bond acceptors (Lipinski definition) is 5. The molecule has 24 heavy (non-hydrogen) atoms. The van der Waals surface area contributed by atoms with Crippen LogP contribution in [0.25, 0.3) is 0 Å². The Morgan fingerprint density at radius 3 is 2.75 bits per heavy atom. The Morgan fingerprint density at radius 2 is 2.08 bits per heavy atom. The molecule has 136 valence electrons. The molecule has 2 fully saturated rings. The van der Waals surface area contributed by atoms with Gasteiger partial charge in [-0.25, -0.2) is 4.98 Å². The number of nitrogens with one attached hydrogen (secondary N) is 1. The molecule has 1 saturated carbocycles. The minimum Gasteiger partial charge on any atom is -0.378 e. The smallest absolute Gasteiger partial charge is 0.223 e. The van der Waals surface area contributed by atoms with Crippen molar-refractivity contribution in [3.05, 3.63) is 23.9 Å². The van der Waals surface area contributed by atoms with Crippen molar-refractivity contribution in [3.63, 3.8) is 0 Å². The van der Waals surface area contributed by atoms with Crippen LogP contribution in [0.3, 0.4) is 0 Å². The maximum Gasteiger partial charge on any atom is 0.223 e. The summed E-state index contributed by atoms with van der Waals surface area (Å²) < 4.78 is 5.36. The predicted octanol–water partition coefficient (Wildman–Crippen LogP) is 1.51. The Morgan fingerprint density at radius 1 is 1.33 bits per heavy atom. The van der Waals surface area contributed by atoms with E-state index in [4.69, 9.17) is 10.5 Å². The number of hydrogen-bond donors (Lipinski definition) is 2. The summed E-state index contributed by atoms with van der Waals surface area (Å²) in [5.41, 5.74) is 6.94. The van der Waals surface area contributed by atoms with Gasteiger partial charge in [-0.1, -0.05) is 0 Å². The van der Waals surface area contributed by atoms with Crippen molar-refractivity contribution in [2.45, 2.75) is 31.8 Å². The van der Waals surface area contributed by atoms with Crippen molar-refractivity contribution >= 4 is 36.5 Å². The van der Waals surface area contributed by atoms with Crippen molar-refractivity contribution in [2.75, 3.05) is 31.2 Å². The standard InChI is InChI=1S/C16H24N4O2.2ClH/c17-14-2-1-13(10-14)16(21)19-11-12-3-4-18-15(9-12)20-5-7-22-8-6-20;;/h3-4,9,13-14H,1-2,5-8,10-11,17H2,(H,19,21);2*1H. The van der Waals surface area contributed by atoms with E-state index >= 15 is 0 Å². The Balaban J connectivity index is 0.00000144. The zero-order chi connectivity index (χ0) is 15.4. The molecule has 2 aliphatic rings. The fourth-order valence-electron chi connectivity index (χ4n) is 3.12. The molecule has 0 aromatic carbocycles. The van der Waals surface area contributed by atoms with E-state index in [2.05, 4.69) is 15.2 Å². The Bertz CT molecular complexity index is 527. The highest BCUT2D eigenvalue weighted by molar-refractivity contribution is 5.85. The molecule has 2 heterocycles. The average molecular weight is 377 g/mol. The normalized spacial score (nSPS) is 23.1. The van der Waals surface area contributed by atoms with Gasteiger partial charge in [0.15, 0.2) is 0 Å². The van der Waals surface area contributed by atoms with Crippen LogP contribution < -0.4 is 16.0 Å². The van der Waals surface area contributed by atoms with Gasteiger partial charge in [0, 0.05) is 37.8 Å². The van der Waals surface area contributed by atoms with E-state index in [-0.39, 0.29) is 42.7 Å². The Hall–Kier alpha value is -1.08. The van der Waals surface area contributed by atoms with Crippen LogP contribution in [0.4, 0.5) is 5.82 Å². The summed E-state index contributed by atoms with van der Waals surface area (Å²) in [6.07, 6.45) is 4.47. The molecule has 0 radical (unpaired) electrons. The number of carbonyl (C=O) groups is 1. The second-order valence-corrected chi connectivity index (χ2v) is 6.11. The SMILES string of the molecule is Cl.Cl.NC1CCC(C(=O)NCc2ccnc(N3CCOCC3)c2)C1. The molecule has 1 aromatic heterocycles. The summed E-state index contributed by atoms with van der Waals surface area (Å²) in [7, 11) is 0. The molecule has 6 nitrogen and oxygen atoms in total. The number of anilines is 1. The van der Waals surface area contributed by atoms with Crippen LogP contribution in [-0.4, -0.2) is 43.2 Å². The van der Waals surface area contributed by atoms with E-state index in [0.29, 0.717) is 6.54 Å². The summed E-state index contributed by atoms with van der Waals surface area (Å²) in [6.45, 7) is 3.76. The monoisotopic (exact) mass is 376 g/mol. The molecular formula is C16H26Cl2N4O2. The summed E-state index contributed by atoms with van der Waals surface area (Å²) in [4.78, 5) is 18.8. The number of halogens is 2. The van der Waals surface area contributed by atoms with Crippen molar-refractivity contribution in [1.82, 2.24) is 10.3 Å². The molecule has 0 spiro atoms. The van der Waals surface area contributed by atoms with Gasteiger partial charge in [-0.3, -0.25) is 4.79 Å². The van der Waals surface area contributed by atoms with Gasteiger partial charge in [0.05, 0.1) is 13.2 Å².